The number of hydrogen-bond acceptors (Lipinski definition) is 2. The van der Waals surface area contributed by atoms with Crippen LogP contribution < -0.4 is 5.32 Å². The minimum atomic E-state index is -1.91. The van der Waals surface area contributed by atoms with Crippen molar-refractivity contribution in [1.29, 1.82) is 0 Å². The van der Waals surface area contributed by atoms with Crippen molar-refractivity contribution in [2.75, 3.05) is 6.54 Å². The summed E-state index contributed by atoms with van der Waals surface area (Å²) in [5.41, 5.74) is 1.12. The van der Waals surface area contributed by atoms with Crippen LogP contribution in [0, 0.1) is 23.1 Å². The molecule has 2 fully saturated rings. The Kier molecular flexibility index (Phi) is 6.88. The van der Waals surface area contributed by atoms with Crippen molar-refractivity contribution < 1.29 is 8.82 Å². The minimum Gasteiger partial charge on any atom is -0.409 e. The number of hydrogen-bond donors (Lipinski definition) is 1. The first-order valence-electron chi connectivity index (χ1n) is 10.7. The predicted octanol–water partition coefficient (Wildman–Crippen LogP) is 7.22. The quantitative estimate of drug-likeness (QED) is 0.319. The van der Waals surface area contributed by atoms with E-state index in [0.717, 1.165) is 30.0 Å². The maximum atomic E-state index is 14.2. The second-order valence-electron chi connectivity index (χ2n) is 9.22. The molecular weight excluding hydrogens is 412 g/mol. The largest absolute Gasteiger partial charge is 0.409 e. The molecule has 1 aromatic carbocycles. The molecule has 0 spiro atoms. The van der Waals surface area contributed by atoms with Gasteiger partial charge in [-0.1, -0.05) is 57.8 Å². The number of halogens is 3. The smallest absolute Gasteiger partial charge is 0.192 e. The van der Waals surface area contributed by atoms with E-state index in [-0.39, 0.29) is 11.1 Å². The molecule has 28 heavy (non-hydrogen) atoms. The minimum absolute atomic E-state index is 0.0981. The summed E-state index contributed by atoms with van der Waals surface area (Å²) in [4.78, 5) is 0. The fourth-order valence-electron chi connectivity index (χ4n) is 5.29. The van der Waals surface area contributed by atoms with Crippen molar-refractivity contribution in [3.63, 3.8) is 0 Å². The van der Waals surface area contributed by atoms with Crippen molar-refractivity contribution in [3.8, 4) is 0 Å². The Morgan fingerprint density at radius 2 is 1.71 bits per heavy atom. The van der Waals surface area contributed by atoms with E-state index >= 15 is 0 Å². The van der Waals surface area contributed by atoms with Crippen LogP contribution >= 0.6 is 23.2 Å². The second kappa shape index (κ2) is 8.54. The van der Waals surface area contributed by atoms with Gasteiger partial charge in [-0.25, -0.2) is 4.39 Å². The van der Waals surface area contributed by atoms with Gasteiger partial charge in [-0.05, 0) is 60.4 Å². The first-order chi connectivity index (χ1) is 13.2. The summed E-state index contributed by atoms with van der Waals surface area (Å²) in [6.07, 6.45) is 2.12. The molecule has 2 saturated carbocycles. The van der Waals surface area contributed by atoms with E-state index in [9.17, 15) is 4.39 Å². The van der Waals surface area contributed by atoms with E-state index in [4.69, 9.17) is 27.6 Å². The predicted molar refractivity (Wildman–Crippen MR) is 119 cm³/mol. The first kappa shape index (κ1) is 22.5. The molecule has 1 aromatic rings. The third-order valence-corrected chi connectivity index (χ3v) is 13.0. The molecule has 0 radical (unpaired) electrons. The third-order valence-electron chi connectivity index (χ3n) is 7.68. The Morgan fingerprint density at radius 1 is 1.14 bits per heavy atom. The van der Waals surface area contributed by atoms with Crippen molar-refractivity contribution >= 4 is 31.5 Å². The van der Waals surface area contributed by atoms with Crippen molar-refractivity contribution in [3.05, 3.63) is 33.6 Å². The molecule has 2 aliphatic carbocycles. The molecular formula is C22H34Cl2FNOSi. The third kappa shape index (κ3) is 4.18. The van der Waals surface area contributed by atoms with Crippen LogP contribution in [0.15, 0.2) is 12.1 Å². The maximum absolute atomic E-state index is 14.2. The van der Waals surface area contributed by atoms with Gasteiger partial charge in [0.25, 0.3) is 0 Å². The van der Waals surface area contributed by atoms with Crippen LogP contribution in [0.4, 0.5) is 4.39 Å². The lowest BCUT2D eigenvalue weighted by molar-refractivity contribution is 0.178. The van der Waals surface area contributed by atoms with E-state index in [2.05, 4.69) is 39.9 Å². The number of rotatable bonds is 9. The molecule has 0 bridgehead atoms. The molecule has 1 N–H and O–H groups in total. The Labute approximate surface area is 180 Å². The molecule has 3 unspecified atom stereocenters. The number of fused-ring (bicyclic) bond motifs is 1. The molecule has 2 aliphatic rings. The number of benzene rings is 1. The molecule has 3 rings (SSSR count). The fourth-order valence-corrected chi connectivity index (χ4v) is 8.70. The standard InChI is InChI=1S/C22H34Cl2FNOSi/c1-6-28(7-2,8-3)27-19(20-17(23)9-10-18(25)21(20)24)13-26-14-11-15-16(12-14)22(15,4)5/h9-10,14-16,19,26H,6-8,11-13H2,1-5H3. The average Bonchev–Trinajstić information content (AvgIpc) is 3.01. The molecule has 2 nitrogen and oxygen atoms in total. The highest BCUT2D eigenvalue weighted by Crippen LogP contribution is 2.66. The lowest BCUT2D eigenvalue weighted by atomic mass is 9.97. The summed E-state index contributed by atoms with van der Waals surface area (Å²) < 4.78 is 21.0. The van der Waals surface area contributed by atoms with Gasteiger partial charge in [-0.15, -0.1) is 0 Å². The highest BCUT2D eigenvalue weighted by molar-refractivity contribution is 6.73. The zero-order valence-corrected chi connectivity index (χ0v) is 20.3. The summed E-state index contributed by atoms with van der Waals surface area (Å²) in [5.74, 6) is 1.23. The van der Waals surface area contributed by atoms with Gasteiger partial charge in [-0.2, -0.15) is 0 Å². The molecule has 3 atom stereocenters. The maximum Gasteiger partial charge on any atom is 0.192 e. The van der Waals surface area contributed by atoms with E-state index in [1.54, 1.807) is 6.07 Å². The Morgan fingerprint density at radius 3 is 2.25 bits per heavy atom. The van der Waals surface area contributed by atoms with E-state index in [0.29, 0.717) is 28.6 Å². The van der Waals surface area contributed by atoms with Crippen molar-refractivity contribution in [2.24, 2.45) is 17.3 Å². The Bertz CT molecular complexity index is 688. The monoisotopic (exact) mass is 445 g/mol. The van der Waals surface area contributed by atoms with Gasteiger partial charge >= 0.3 is 0 Å². The molecule has 0 aliphatic heterocycles. The van der Waals surface area contributed by atoms with Crippen LogP contribution in [-0.2, 0) is 4.43 Å². The summed E-state index contributed by atoms with van der Waals surface area (Å²) in [7, 11) is -1.91. The highest BCUT2D eigenvalue weighted by atomic mass is 35.5. The lowest BCUT2D eigenvalue weighted by Gasteiger charge is -2.35. The number of nitrogens with one attached hydrogen (secondary N) is 1. The highest BCUT2D eigenvalue weighted by Gasteiger charge is 2.61. The van der Waals surface area contributed by atoms with Gasteiger partial charge < -0.3 is 9.74 Å². The zero-order chi connectivity index (χ0) is 20.7. The topological polar surface area (TPSA) is 21.3 Å². The average molecular weight is 447 g/mol. The molecule has 0 saturated heterocycles. The van der Waals surface area contributed by atoms with Gasteiger partial charge in [-0.3, -0.25) is 0 Å². The van der Waals surface area contributed by atoms with E-state index in [1.165, 1.54) is 18.9 Å². The Hall–Kier alpha value is -0.133. The lowest BCUT2D eigenvalue weighted by Crippen LogP contribution is -2.41. The SMILES string of the molecule is CC[Si](CC)(CC)OC(CNC1CC2C(C1)C2(C)C)c1c(Cl)ccc(F)c1Cl. The van der Waals surface area contributed by atoms with Crippen LogP contribution in [0.2, 0.25) is 28.2 Å². The fraction of sp³-hybridized carbons (Fsp3) is 0.727. The second-order valence-corrected chi connectivity index (χ2v) is 14.7. The van der Waals surface area contributed by atoms with Crippen LogP contribution in [0.1, 0.15) is 59.1 Å². The summed E-state index contributed by atoms with van der Waals surface area (Å²) in [5, 5.41) is 4.29. The zero-order valence-electron chi connectivity index (χ0n) is 17.7. The van der Waals surface area contributed by atoms with E-state index in [1.807, 2.05) is 0 Å². The van der Waals surface area contributed by atoms with Gasteiger partial charge in [0, 0.05) is 23.2 Å². The van der Waals surface area contributed by atoms with Gasteiger partial charge in [0.15, 0.2) is 8.32 Å². The van der Waals surface area contributed by atoms with Crippen LogP contribution in [-0.4, -0.2) is 20.9 Å². The molecule has 0 heterocycles. The molecule has 158 valence electrons. The van der Waals surface area contributed by atoms with Gasteiger partial charge in [0.2, 0.25) is 0 Å². The van der Waals surface area contributed by atoms with Gasteiger partial charge in [0.1, 0.15) is 5.82 Å². The van der Waals surface area contributed by atoms with Crippen LogP contribution in [0.3, 0.4) is 0 Å². The normalized spacial score (nSPS) is 26.9. The first-order valence-corrected chi connectivity index (χ1v) is 14.0. The molecule has 0 amide bonds. The van der Waals surface area contributed by atoms with Crippen LogP contribution in [0.25, 0.3) is 0 Å². The summed E-state index contributed by atoms with van der Waals surface area (Å²) in [6, 6.07) is 6.51. The van der Waals surface area contributed by atoms with Crippen LogP contribution in [0.5, 0.6) is 0 Å². The van der Waals surface area contributed by atoms with E-state index < -0.39 is 14.1 Å². The van der Waals surface area contributed by atoms with Gasteiger partial charge in [0.05, 0.1) is 11.1 Å². The van der Waals surface area contributed by atoms with Crippen molar-refractivity contribution in [1.82, 2.24) is 5.32 Å². The van der Waals surface area contributed by atoms with Crippen molar-refractivity contribution in [2.45, 2.75) is 77.7 Å². The molecule has 0 aromatic heterocycles. The summed E-state index contributed by atoms with van der Waals surface area (Å²) >= 11 is 12.8. The Balaban J connectivity index is 1.78. The molecule has 6 heteroatoms. The summed E-state index contributed by atoms with van der Waals surface area (Å²) in [6.45, 7) is 12.0.